The second kappa shape index (κ2) is 8.22. The highest BCUT2D eigenvalue weighted by Crippen LogP contribution is 2.33. The van der Waals surface area contributed by atoms with Crippen molar-refractivity contribution in [3.63, 3.8) is 0 Å². The second-order valence-corrected chi connectivity index (χ2v) is 5.98. The Kier molecular flexibility index (Phi) is 6.27. The molecule has 7 nitrogen and oxygen atoms in total. The Bertz CT molecular complexity index is 642. The summed E-state index contributed by atoms with van der Waals surface area (Å²) in [6.07, 6.45) is -0.671. The third kappa shape index (κ3) is 4.24. The molecule has 25 heavy (non-hydrogen) atoms. The molecule has 0 aliphatic carbocycles. The summed E-state index contributed by atoms with van der Waals surface area (Å²) < 4.78 is 16.1. The first-order valence-corrected chi connectivity index (χ1v) is 8.24. The van der Waals surface area contributed by atoms with Gasteiger partial charge in [0, 0.05) is 17.9 Å². The first kappa shape index (κ1) is 19.1. The average Bonchev–Trinajstić information content (AvgIpc) is 2.96. The van der Waals surface area contributed by atoms with Crippen molar-refractivity contribution in [2.24, 2.45) is 10.9 Å². The van der Waals surface area contributed by atoms with Gasteiger partial charge in [-0.25, -0.2) is 9.79 Å². The number of aliphatic imine (C=N–C) groups is 1. The molecule has 0 saturated carbocycles. The van der Waals surface area contributed by atoms with E-state index in [1.54, 1.807) is 32.9 Å². The number of esters is 2. The second-order valence-electron chi connectivity index (χ2n) is 5.98. The van der Waals surface area contributed by atoms with Gasteiger partial charge in [-0.05, 0) is 12.1 Å². The molecule has 0 fully saturated rings. The summed E-state index contributed by atoms with van der Waals surface area (Å²) >= 11 is 0. The maximum Gasteiger partial charge on any atom is 0.368 e. The smallest absolute Gasteiger partial charge is 0.368 e. The van der Waals surface area contributed by atoms with Crippen molar-refractivity contribution in [1.29, 1.82) is 0 Å². The zero-order valence-electron chi connectivity index (χ0n) is 14.6. The van der Waals surface area contributed by atoms with Crippen molar-refractivity contribution in [3.05, 3.63) is 35.9 Å². The van der Waals surface area contributed by atoms with E-state index in [1.807, 2.05) is 18.2 Å². The van der Waals surface area contributed by atoms with Crippen molar-refractivity contribution in [2.75, 3.05) is 13.2 Å². The largest absolute Gasteiger partial charge is 0.463 e. The quantitative estimate of drug-likeness (QED) is 0.718. The van der Waals surface area contributed by atoms with Crippen LogP contribution in [0.5, 0.6) is 0 Å². The van der Waals surface area contributed by atoms with Crippen LogP contribution in [0.1, 0.15) is 32.8 Å². The summed E-state index contributed by atoms with van der Waals surface area (Å²) in [5.41, 5.74) is -0.933. The first-order valence-electron chi connectivity index (χ1n) is 8.24. The molecule has 1 aromatic rings. The van der Waals surface area contributed by atoms with Crippen LogP contribution in [0.2, 0.25) is 0 Å². The van der Waals surface area contributed by atoms with E-state index < -0.39 is 30.4 Å². The molecule has 0 bridgehead atoms. The minimum Gasteiger partial charge on any atom is -0.463 e. The predicted octanol–water partition coefficient (Wildman–Crippen LogP) is 1.67. The van der Waals surface area contributed by atoms with Gasteiger partial charge < -0.3 is 19.3 Å². The molecule has 7 heteroatoms. The van der Waals surface area contributed by atoms with Crippen LogP contribution >= 0.6 is 0 Å². The Labute approximate surface area is 146 Å². The normalized spacial score (nSPS) is 21.0. The highest BCUT2D eigenvalue weighted by Gasteiger charge is 2.51. The minimum atomic E-state index is -1.59. The van der Waals surface area contributed by atoms with Gasteiger partial charge in [0.15, 0.2) is 0 Å². The van der Waals surface area contributed by atoms with E-state index in [0.29, 0.717) is 5.56 Å². The number of hydrogen-bond donors (Lipinski definition) is 1. The topological polar surface area (TPSA) is 94.4 Å². The lowest BCUT2D eigenvalue weighted by Crippen LogP contribution is -2.47. The van der Waals surface area contributed by atoms with E-state index in [1.165, 1.54) is 0 Å². The number of benzene rings is 1. The van der Waals surface area contributed by atoms with Gasteiger partial charge in [-0.15, -0.1) is 0 Å². The lowest BCUT2D eigenvalue weighted by molar-refractivity contribution is -0.184. The summed E-state index contributed by atoms with van der Waals surface area (Å²) in [5.74, 6) is -1.25. The molecular formula is C18H23NO6. The van der Waals surface area contributed by atoms with Gasteiger partial charge >= 0.3 is 11.9 Å². The fourth-order valence-electron chi connectivity index (χ4n) is 2.33. The molecule has 0 radical (unpaired) electrons. The molecule has 2 unspecified atom stereocenters. The third-order valence-electron chi connectivity index (χ3n) is 3.82. The van der Waals surface area contributed by atoms with Crippen LogP contribution in [0.15, 0.2) is 35.3 Å². The van der Waals surface area contributed by atoms with Crippen molar-refractivity contribution in [2.45, 2.75) is 39.0 Å². The van der Waals surface area contributed by atoms with E-state index in [9.17, 15) is 14.7 Å². The lowest BCUT2D eigenvalue weighted by atomic mass is 10.0. The van der Waals surface area contributed by atoms with Gasteiger partial charge in [0.2, 0.25) is 5.90 Å². The number of hydrogen-bond acceptors (Lipinski definition) is 7. The lowest BCUT2D eigenvalue weighted by Gasteiger charge is -2.30. The highest BCUT2D eigenvalue weighted by atomic mass is 16.6. The predicted molar refractivity (Wildman–Crippen MR) is 89.8 cm³/mol. The molecule has 0 amide bonds. The molecule has 1 N–H and O–H groups in total. The third-order valence-corrected chi connectivity index (χ3v) is 3.82. The summed E-state index contributed by atoms with van der Waals surface area (Å²) in [6.45, 7) is 4.62. The summed E-state index contributed by atoms with van der Waals surface area (Å²) in [4.78, 5) is 28.2. The zero-order valence-corrected chi connectivity index (χ0v) is 14.6. The maximum absolute atomic E-state index is 12.5. The van der Waals surface area contributed by atoms with Gasteiger partial charge in [-0.2, -0.15) is 0 Å². The number of aliphatic hydroxyl groups excluding tert-OH is 1. The van der Waals surface area contributed by atoms with Crippen LogP contribution < -0.4 is 0 Å². The SMILES string of the molecule is CCC(=O)OCC(CO)OC1(C(C)C)N=C(c2ccccc2)OC1=O. The molecule has 0 spiro atoms. The van der Waals surface area contributed by atoms with Gasteiger partial charge in [-0.3, -0.25) is 4.79 Å². The molecule has 0 saturated heterocycles. The summed E-state index contributed by atoms with van der Waals surface area (Å²) in [6, 6.07) is 9.01. The monoisotopic (exact) mass is 349 g/mol. The molecular weight excluding hydrogens is 326 g/mol. The van der Waals surface area contributed by atoms with Crippen LogP contribution in [-0.2, 0) is 23.8 Å². The number of nitrogens with zero attached hydrogens (tertiary/aromatic N) is 1. The van der Waals surface area contributed by atoms with Crippen molar-refractivity contribution >= 4 is 17.8 Å². The van der Waals surface area contributed by atoms with Crippen molar-refractivity contribution in [1.82, 2.24) is 0 Å². The molecule has 1 aromatic carbocycles. The van der Waals surface area contributed by atoms with Crippen LogP contribution in [0.4, 0.5) is 0 Å². The Hall–Kier alpha value is -2.25. The Balaban J connectivity index is 2.23. The van der Waals surface area contributed by atoms with E-state index in [-0.39, 0.29) is 24.8 Å². The minimum absolute atomic E-state index is 0.166. The zero-order chi connectivity index (χ0) is 18.4. The van der Waals surface area contributed by atoms with Crippen LogP contribution in [-0.4, -0.2) is 48.0 Å². The fourth-order valence-corrected chi connectivity index (χ4v) is 2.33. The van der Waals surface area contributed by atoms with Gasteiger partial charge in [0.1, 0.15) is 12.7 Å². The van der Waals surface area contributed by atoms with E-state index in [2.05, 4.69) is 4.99 Å². The van der Waals surface area contributed by atoms with E-state index >= 15 is 0 Å². The van der Waals surface area contributed by atoms with Crippen LogP contribution in [0.25, 0.3) is 0 Å². The highest BCUT2D eigenvalue weighted by molar-refractivity contribution is 6.07. The van der Waals surface area contributed by atoms with Crippen molar-refractivity contribution < 1.29 is 28.9 Å². The molecule has 0 aromatic heterocycles. The Morgan fingerprint density at radius 2 is 2.00 bits per heavy atom. The first-order chi connectivity index (χ1) is 11.9. The maximum atomic E-state index is 12.5. The summed E-state index contributed by atoms with van der Waals surface area (Å²) in [7, 11) is 0. The van der Waals surface area contributed by atoms with Gasteiger partial charge in [0.05, 0.1) is 6.61 Å². The number of carbonyl (C=O) groups is 2. The fraction of sp³-hybridized carbons (Fsp3) is 0.500. The number of rotatable bonds is 8. The molecule has 136 valence electrons. The Morgan fingerprint density at radius 3 is 2.56 bits per heavy atom. The number of cyclic esters (lactones) is 1. The number of ether oxygens (including phenoxy) is 3. The van der Waals surface area contributed by atoms with Crippen LogP contribution in [0, 0.1) is 5.92 Å². The summed E-state index contributed by atoms with van der Waals surface area (Å²) in [5, 5.41) is 9.52. The average molecular weight is 349 g/mol. The molecule has 1 heterocycles. The molecule has 1 aliphatic heterocycles. The number of carbonyl (C=O) groups excluding carboxylic acids is 2. The standard InChI is InChI=1S/C18H23NO6/c1-4-15(21)23-11-14(10-20)25-18(12(2)3)17(22)24-16(19-18)13-8-6-5-7-9-13/h5-9,12,14,20H,4,10-11H2,1-3H3. The van der Waals surface area contributed by atoms with Crippen LogP contribution in [0.3, 0.4) is 0 Å². The Morgan fingerprint density at radius 1 is 1.32 bits per heavy atom. The van der Waals surface area contributed by atoms with E-state index in [4.69, 9.17) is 14.2 Å². The van der Waals surface area contributed by atoms with Gasteiger partial charge in [0.25, 0.3) is 5.72 Å². The van der Waals surface area contributed by atoms with Gasteiger partial charge in [-0.1, -0.05) is 39.0 Å². The van der Waals surface area contributed by atoms with E-state index in [0.717, 1.165) is 0 Å². The number of aliphatic hydroxyl groups is 1. The molecule has 2 atom stereocenters. The molecule has 2 rings (SSSR count). The molecule has 1 aliphatic rings. The van der Waals surface area contributed by atoms with Crippen molar-refractivity contribution in [3.8, 4) is 0 Å².